The van der Waals surface area contributed by atoms with Gasteiger partial charge in [0.05, 0.1) is 13.7 Å². The molecule has 1 heterocycles. The topological polar surface area (TPSA) is 55.8 Å². The summed E-state index contributed by atoms with van der Waals surface area (Å²) in [5.74, 6) is 0.647. The molecule has 1 amide bonds. The molecular formula is C17H23NO4. The molecule has 1 fully saturated rings. The summed E-state index contributed by atoms with van der Waals surface area (Å²) >= 11 is 0. The zero-order valence-electron chi connectivity index (χ0n) is 13.6. The van der Waals surface area contributed by atoms with Crippen molar-refractivity contribution in [1.29, 1.82) is 0 Å². The highest BCUT2D eigenvalue weighted by molar-refractivity contribution is 5.90. The van der Waals surface area contributed by atoms with Crippen LogP contribution in [-0.4, -0.2) is 42.6 Å². The molecule has 0 saturated carbocycles. The molecule has 2 rings (SSSR count). The first-order valence-electron chi connectivity index (χ1n) is 7.45. The van der Waals surface area contributed by atoms with Crippen molar-refractivity contribution in [3.05, 3.63) is 29.8 Å². The number of amides is 1. The highest BCUT2D eigenvalue weighted by Crippen LogP contribution is 2.27. The molecule has 1 saturated heterocycles. The van der Waals surface area contributed by atoms with Crippen LogP contribution in [-0.2, 0) is 9.53 Å². The van der Waals surface area contributed by atoms with Crippen LogP contribution in [0.1, 0.15) is 38.7 Å². The number of ketones is 1. The minimum atomic E-state index is -0.549. The summed E-state index contributed by atoms with van der Waals surface area (Å²) in [6, 6.07) is 7.51. The van der Waals surface area contributed by atoms with Crippen LogP contribution in [0.2, 0.25) is 0 Å². The first kappa shape index (κ1) is 16.3. The van der Waals surface area contributed by atoms with Gasteiger partial charge in [-0.3, -0.25) is 4.79 Å². The predicted molar refractivity (Wildman–Crippen MR) is 83.2 cm³/mol. The van der Waals surface area contributed by atoms with Crippen LogP contribution in [0.25, 0.3) is 0 Å². The van der Waals surface area contributed by atoms with Crippen LogP contribution < -0.4 is 4.74 Å². The molecule has 0 spiro atoms. The fraction of sp³-hybridized carbons (Fsp3) is 0.529. The van der Waals surface area contributed by atoms with Gasteiger partial charge in [0.25, 0.3) is 0 Å². The summed E-state index contributed by atoms with van der Waals surface area (Å²) in [5, 5.41) is 0. The molecule has 0 aliphatic carbocycles. The third-order valence-electron chi connectivity index (χ3n) is 3.59. The molecule has 0 N–H and O–H groups in total. The highest BCUT2D eigenvalue weighted by Gasteiger charge is 2.32. The van der Waals surface area contributed by atoms with Gasteiger partial charge in [-0.15, -0.1) is 0 Å². The SMILES string of the molecule is COc1ccc(C2CCN(C(=O)OC(C)(C)C)CC2=O)cc1. The van der Waals surface area contributed by atoms with Crippen LogP contribution in [0.5, 0.6) is 5.75 Å². The summed E-state index contributed by atoms with van der Waals surface area (Å²) < 4.78 is 10.4. The maximum absolute atomic E-state index is 12.3. The van der Waals surface area contributed by atoms with Crippen molar-refractivity contribution in [1.82, 2.24) is 4.90 Å². The Hall–Kier alpha value is -2.04. The zero-order chi connectivity index (χ0) is 16.3. The molecule has 0 aromatic heterocycles. The lowest BCUT2D eigenvalue weighted by atomic mass is 9.88. The van der Waals surface area contributed by atoms with Crippen LogP contribution in [0.15, 0.2) is 24.3 Å². The maximum Gasteiger partial charge on any atom is 0.410 e. The van der Waals surface area contributed by atoms with Gasteiger partial charge in [-0.25, -0.2) is 4.79 Å². The smallest absolute Gasteiger partial charge is 0.410 e. The molecular weight excluding hydrogens is 282 g/mol. The van der Waals surface area contributed by atoms with E-state index in [1.54, 1.807) is 7.11 Å². The second-order valence-electron chi connectivity index (χ2n) is 6.48. The number of nitrogens with zero attached hydrogens (tertiary/aromatic N) is 1. The Labute approximate surface area is 131 Å². The van der Waals surface area contributed by atoms with Gasteiger partial charge in [0, 0.05) is 12.5 Å². The van der Waals surface area contributed by atoms with E-state index < -0.39 is 11.7 Å². The fourth-order valence-electron chi connectivity index (χ4n) is 2.49. The number of methoxy groups -OCH3 is 1. The molecule has 22 heavy (non-hydrogen) atoms. The van der Waals surface area contributed by atoms with Crippen molar-refractivity contribution in [3.63, 3.8) is 0 Å². The molecule has 5 nitrogen and oxygen atoms in total. The van der Waals surface area contributed by atoms with Gasteiger partial charge in [-0.05, 0) is 44.9 Å². The average molecular weight is 305 g/mol. The van der Waals surface area contributed by atoms with E-state index >= 15 is 0 Å². The number of carbonyl (C=O) groups is 2. The van der Waals surface area contributed by atoms with Crippen LogP contribution in [0.4, 0.5) is 4.79 Å². The van der Waals surface area contributed by atoms with Gasteiger partial charge in [0.15, 0.2) is 5.78 Å². The fourth-order valence-corrected chi connectivity index (χ4v) is 2.49. The second kappa shape index (κ2) is 6.38. The van der Waals surface area contributed by atoms with E-state index in [0.717, 1.165) is 11.3 Å². The largest absolute Gasteiger partial charge is 0.497 e. The minimum absolute atomic E-state index is 0.0438. The molecule has 1 aliphatic heterocycles. The van der Waals surface area contributed by atoms with Crippen LogP contribution in [0, 0.1) is 0 Å². The van der Waals surface area contributed by atoms with Crippen molar-refractivity contribution >= 4 is 11.9 Å². The van der Waals surface area contributed by atoms with Crippen molar-refractivity contribution < 1.29 is 19.1 Å². The normalized spacial score (nSPS) is 19.0. The maximum atomic E-state index is 12.3. The number of likely N-dealkylation sites (tertiary alicyclic amines) is 1. The minimum Gasteiger partial charge on any atom is -0.497 e. The summed E-state index contributed by atoms with van der Waals surface area (Å²) in [6.07, 6.45) is 0.193. The lowest BCUT2D eigenvalue weighted by Gasteiger charge is -2.32. The summed E-state index contributed by atoms with van der Waals surface area (Å²) in [7, 11) is 1.61. The molecule has 1 aromatic rings. The van der Waals surface area contributed by atoms with Crippen molar-refractivity contribution in [2.75, 3.05) is 20.2 Å². The third-order valence-corrected chi connectivity index (χ3v) is 3.59. The van der Waals surface area contributed by atoms with Gasteiger partial charge < -0.3 is 14.4 Å². The molecule has 5 heteroatoms. The molecule has 0 bridgehead atoms. The molecule has 1 aliphatic rings. The van der Waals surface area contributed by atoms with E-state index in [2.05, 4.69) is 0 Å². The Kier molecular flexibility index (Phi) is 4.74. The summed E-state index contributed by atoms with van der Waals surface area (Å²) in [6.45, 7) is 6.08. The first-order chi connectivity index (χ1) is 10.3. The number of piperidine rings is 1. The standard InChI is InChI=1S/C17H23NO4/c1-17(2,3)22-16(20)18-10-9-14(15(19)11-18)12-5-7-13(21-4)8-6-12/h5-8,14H,9-11H2,1-4H3. The number of hydrogen-bond acceptors (Lipinski definition) is 4. The Bertz CT molecular complexity index is 545. The Morgan fingerprint density at radius 3 is 2.36 bits per heavy atom. The first-order valence-corrected chi connectivity index (χ1v) is 7.45. The molecule has 0 radical (unpaired) electrons. The summed E-state index contributed by atoms with van der Waals surface area (Å²) in [4.78, 5) is 25.8. The monoisotopic (exact) mass is 305 g/mol. The van der Waals surface area contributed by atoms with Crippen molar-refractivity contribution in [3.8, 4) is 5.75 Å². The lowest BCUT2D eigenvalue weighted by molar-refractivity contribution is -0.123. The zero-order valence-corrected chi connectivity index (χ0v) is 13.6. The molecule has 1 unspecified atom stereocenters. The molecule has 1 aromatic carbocycles. The van der Waals surface area contributed by atoms with E-state index in [1.807, 2.05) is 45.0 Å². The van der Waals surface area contributed by atoms with E-state index in [1.165, 1.54) is 4.90 Å². The lowest BCUT2D eigenvalue weighted by Crippen LogP contribution is -2.45. The third kappa shape index (κ3) is 4.00. The van der Waals surface area contributed by atoms with Gasteiger partial charge in [-0.1, -0.05) is 12.1 Å². The van der Waals surface area contributed by atoms with E-state index in [0.29, 0.717) is 13.0 Å². The van der Waals surface area contributed by atoms with Crippen molar-refractivity contribution in [2.24, 2.45) is 0 Å². The highest BCUT2D eigenvalue weighted by atomic mass is 16.6. The van der Waals surface area contributed by atoms with Gasteiger partial charge in [-0.2, -0.15) is 0 Å². The molecule has 1 atom stereocenters. The Balaban J connectivity index is 2.00. The van der Waals surface area contributed by atoms with Gasteiger partial charge >= 0.3 is 6.09 Å². The second-order valence-corrected chi connectivity index (χ2v) is 6.48. The van der Waals surface area contributed by atoms with Gasteiger partial charge in [0.2, 0.25) is 0 Å². The van der Waals surface area contributed by atoms with Crippen molar-refractivity contribution in [2.45, 2.75) is 38.7 Å². The van der Waals surface area contributed by atoms with Crippen LogP contribution >= 0.6 is 0 Å². The number of ether oxygens (including phenoxy) is 2. The number of carbonyl (C=O) groups excluding carboxylic acids is 2. The van der Waals surface area contributed by atoms with E-state index in [9.17, 15) is 9.59 Å². The molecule has 120 valence electrons. The van der Waals surface area contributed by atoms with E-state index in [-0.39, 0.29) is 18.2 Å². The average Bonchev–Trinajstić information content (AvgIpc) is 2.45. The quantitative estimate of drug-likeness (QED) is 0.843. The summed E-state index contributed by atoms with van der Waals surface area (Å²) in [5.41, 5.74) is 0.419. The number of hydrogen-bond donors (Lipinski definition) is 0. The Morgan fingerprint density at radius 2 is 1.86 bits per heavy atom. The van der Waals surface area contributed by atoms with Gasteiger partial charge in [0.1, 0.15) is 11.4 Å². The number of Topliss-reactive ketones (excluding diaryl/α,β-unsaturated/α-hetero) is 1. The van der Waals surface area contributed by atoms with E-state index in [4.69, 9.17) is 9.47 Å². The van der Waals surface area contributed by atoms with Crippen LogP contribution in [0.3, 0.4) is 0 Å². The Morgan fingerprint density at radius 1 is 1.23 bits per heavy atom. The number of rotatable bonds is 2. The predicted octanol–water partition coefficient (Wildman–Crippen LogP) is 2.99. The number of benzene rings is 1.